The van der Waals surface area contributed by atoms with Gasteiger partial charge < -0.3 is 14.6 Å². The van der Waals surface area contributed by atoms with Crippen LogP contribution in [0.15, 0.2) is 16.6 Å². The molecule has 1 aromatic rings. The van der Waals surface area contributed by atoms with Gasteiger partial charge in [-0.3, -0.25) is 4.79 Å². The van der Waals surface area contributed by atoms with Crippen molar-refractivity contribution in [2.75, 3.05) is 14.2 Å². The molecule has 0 unspecified atom stereocenters. The van der Waals surface area contributed by atoms with Crippen molar-refractivity contribution in [2.45, 2.75) is 24.7 Å². The smallest absolute Gasteiger partial charge is 0.314 e. The minimum Gasteiger partial charge on any atom is -0.493 e. The van der Waals surface area contributed by atoms with Crippen LogP contribution in [0, 0.1) is 0 Å². The van der Waals surface area contributed by atoms with Gasteiger partial charge in [-0.25, -0.2) is 0 Å². The fraction of sp³-hybridized carbons (Fsp3) is 0.462. The lowest BCUT2D eigenvalue weighted by molar-refractivity contribution is -0.147. The number of ether oxygens (including phenoxy) is 2. The van der Waals surface area contributed by atoms with Gasteiger partial charge in [0.1, 0.15) is 0 Å². The molecule has 0 amide bonds. The monoisotopic (exact) mass is 314 g/mol. The first-order valence-corrected chi connectivity index (χ1v) is 6.50. The van der Waals surface area contributed by atoms with E-state index in [1.165, 1.54) is 0 Å². The van der Waals surface area contributed by atoms with Gasteiger partial charge in [0.05, 0.1) is 24.1 Å². The third-order valence-electron chi connectivity index (χ3n) is 3.60. The molecule has 1 fully saturated rings. The third kappa shape index (κ3) is 1.86. The van der Waals surface area contributed by atoms with E-state index in [1.807, 2.05) is 6.07 Å². The van der Waals surface area contributed by atoms with E-state index in [2.05, 4.69) is 15.9 Å². The topological polar surface area (TPSA) is 55.8 Å². The van der Waals surface area contributed by atoms with Gasteiger partial charge in [-0.05, 0) is 46.5 Å². The Morgan fingerprint density at radius 1 is 1.33 bits per heavy atom. The molecule has 0 saturated heterocycles. The zero-order valence-corrected chi connectivity index (χ0v) is 11.9. The maximum absolute atomic E-state index is 11.5. The second-order valence-corrected chi connectivity index (χ2v) is 5.29. The summed E-state index contributed by atoms with van der Waals surface area (Å²) < 4.78 is 11.2. The van der Waals surface area contributed by atoms with E-state index in [0.29, 0.717) is 28.8 Å². The molecule has 0 bridgehead atoms. The Morgan fingerprint density at radius 2 is 2.00 bits per heavy atom. The molecule has 0 radical (unpaired) electrons. The van der Waals surface area contributed by atoms with Crippen molar-refractivity contribution in [1.82, 2.24) is 0 Å². The van der Waals surface area contributed by atoms with Crippen LogP contribution in [0.4, 0.5) is 0 Å². The van der Waals surface area contributed by atoms with E-state index in [4.69, 9.17) is 9.47 Å². The molecule has 1 aliphatic rings. The highest BCUT2D eigenvalue weighted by Gasteiger charge is 2.46. The van der Waals surface area contributed by atoms with Crippen LogP contribution in [0.2, 0.25) is 0 Å². The molecule has 4 nitrogen and oxygen atoms in total. The fourth-order valence-corrected chi connectivity index (χ4v) is 2.95. The molecular weight excluding hydrogens is 300 g/mol. The van der Waals surface area contributed by atoms with Gasteiger partial charge in [-0.2, -0.15) is 0 Å². The Balaban J connectivity index is 2.52. The average Bonchev–Trinajstić information content (AvgIpc) is 2.26. The number of halogens is 1. The van der Waals surface area contributed by atoms with Crippen molar-refractivity contribution in [3.63, 3.8) is 0 Å². The molecule has 1 saturated carbocycles. The number of carboxylic acids is 1. The quantitative estimate of drug-likeness (QED) is 0.928. The van der Waals surface area contributed by atoms with Crippen molar-refractivity contribution >= 4 is 21.9 Å². The highest BCUT2D eigenvalue weighted by molar-refractivity contribution is 9.10. The average molecular weight is 315 g/mol. The van der Waals surface area contributed by atoms with Gasteiger partial charge in [0, 0.05) is 0 Å². The largest absolute Gasteiger partial charge is 0.493 e. The lowest BCUT2D eigenvalue weighted by atomic mass is 9.64. The maximum atomic E-state index is 11.5. The summed E-state index contributed by atoms with van der Waals surface area (Å²) in [6, 6.07) is 3.57. The van der Waals surface area contributed by atoms with Gasteiger partial charge in [-0.15, -0.1) is 0 Å². The highest BCUT2D eigenvalue weighted by Crippen LogP contribution is 2.48. The van der Waals surface area contributed by atoms with E-state index in [-0.39, 0.29) is 0 Å². The first-order chi connectivity index (χ1) is 8.55. The first-order valence-electron chi connectivity index (χ1n) is 5.70. The standard InChI is InChI=1S/C13H15BrO4/c1-17-10-7-8(6-9(14)11(10)18-2)13(12(15)16)4-3-5-13/h6-7H,3-5H2,1-2H3,(H,15,16). The van der Waals surface area contributed by atoms with E-state index in [9.17, 15) is 9.90 Å². The second kappa shape index (κ2) is 4.80. The third-order valence-corrected chi connectivity index (χ3v) is 4.19. The predicted molar refractivity (Wildman–Crippen MR) is 70.4 cm³/mol. The number of hydrogen-bond donors (Lipinski definition) is 1. The maximum Gasteiger partial charge on any atom is 0.314 e. The molecule has 0 aromatic heterocycles. The molecule has 0 aliphatic heterocycles. The Morgan fingerprint density at radius 3 is 2.39 bits per heavy atom. The number of rotatable bonds is 4. The van der Waals surface area contributed by atoms with Crippen LogP contribution in [0.3, 0.4) is 0 Å². The first kappa shape index (κ1) is 13.2. The molecule has 1 N–H and O–H groups in total. The van der Waals surface area contributed by atoms with E-state index in [1.54, 1.807) is 20.3 Å². The Kier molecular flexibility index (Phi) is 3.52. The lowest BCUT2D eigenvalue weighted by Gasteiger charge is -2.38. The highest BCUT2D eigenvalue weighted by atomic mass is 79.9. The van der Waals surface area contributed by atoms with E-state index >= 15 is 0 Å². The Hall–Kier alpha value is -1.23. The molecule has 2 rings (SSSR count). The summed E-state index contributed by atoms with van der Waals surface area (Å²) in [6.45, 7) is 0. The number of methoxy groups -OCH3 is 2. The van der Waals surface area contributed by atoms with Gasteiger partial charge in [0.25, 0.3) is 0 Å². The van der Waals surface area contributed by atoms with Gasteiger partial charge in [-0.1, -0.05) is 6.42 Å². The molecule has 1 aliphatic carbocycles. The number of hydrogen-bond acceptors (Lipinski definition) is 3. The molecule has 0 atom stereocenters. The summed E-state index contributed by atoms with van der Waals surface area (Å²) in [4.78, 5) is 11.5. The van der Waals surface area contributed by atoms with Crippen molar-refractivity contribution < 1.29 is 19.4 Å². The molecular formula is C13H15BrO4. The normalized spacial score (nSPS) is 16.8. The van der Waals surface area contributed by atoms with Gasteiger partial charge in [0.15, 0.2) is 11.5 Å². The predicted octanol–water partition coefficient (Wildman–Crippen LogP) is 2.97. The summed E-state index contributed by atoms with van der Waals surface area (Å²) in [5.74, 6) is 0.364. The van der Waals surface area contributed by atoms with Crippen molar-refractivity contribution in [3.8, 4) is 11.5 Å². The summed E-state index contributed by atoms with van der Waals surface area (Å²) in [7, 11) is 3.10. The minimum atomic E-state index is -0.770. The van der Waals surface area contributed by atoms with Crippen molar-refractivity contribution in [1.29, 1.82) is 0 Å². The minimum absolute atomic E-state index is 0.550. The van der Waals surface area contributed by atoms with E-state index < -0.39 is 11.4 Å². The van der Waals surface area contributed by atoms with Crippen LogP contribution >= 0.6 is 15.9 Å². The molecule has 0 heterocycles. The molecule has 1 aromatic carbocycles. The van der Waals surface area contributed by atoms with Crippen LogP contribution in [-0.4, -0.2) is 25.3 Å². The number of carbonyl (C=O) groups is 1. The second-order valence-electron chi connectivity index (χ2n) is 4.43. The molecule has 18 heavy (non-hydrogen) atoms. The molecule has 5 heteroatoms. The number of carboxylic acid groups (broad SMARTS) is 1. The van der Waals surface area contributed by atoms with Gasteiger partial charge in [0.2, 0.25) is 0 Å². The van der Waals surface area contributed by atoms with Gasteiger partial charge >= 0.3 is 5.97 Å². The SMILES string of the molecule is COc1cc(C2(C(=O)O)CCC2)cc(Br)c1OC. The Bertz CT molecular complexity index is 480. The van der Waals surface area contributed by atoms with Crippen molar-refractivity contribution in [2.24, 2.45) is 0 Å². The molecule has 0 spiro atoms. The Labute approximate surface area is 114 Å². The summed E-state index contributed by atoms with van der Waals surface area (Å²) in [5.41, 5.74) is 0.00740. The van der Waals surface area contributed by atoms with Crippen LogP contribution in [0.25, 0.3) is 0 Å². The summed E-state index contributed by atoms with van der Waals surface area (Å²) >= 11 is 3.40. The van der Waals surface area contributed by atoms with Crippen molar-refractivity contribution in [3.05, 3.63) is 22.2 Å². The lowest BCUT2D eigenvalue weighted by Crippen LogP contribution is -2.42. The summed E-state index contributed by atoms with van der Waals surface area (Å²) in [5, 5.41) is 9.43. The van der Waals surface area contributed by atoms with E-state index in [0.717, 1.165) is 12.0 Å². The molecule has 98 valence electrons. The zero-order chi connectivity index (χ0) is 13.3. The fourth-order valence-electron chi connectivity index (χ4n) is 2.35. The van der Waals surface area contributed by atoms with Crippen LogP contribution in [0.1, 0.15) is 24.8 Å². The number of benzene rings is 1. The zero-order valence-electron chi connectivity index (χ0n) is 10.3. The van der Waals surface area contributed by atoms with Crippen LogP contribution in [-0.2, 0) is 10.2 Å². The van der Waals surface area contributed by atoms with Crippen LogP contribution < -0.4 is 9.47 Å². The summed E-state index contributed by atoms with van der Waals surface area (Å²) in [6.07, 6.45) is 2.28. The number of aliphatic carboxylic acids is 1. The van der Waals surface area contributed by atoms with Crippen LogP contribution in [0.5, 0.6) is 11.5 Å².